The van der Waals surface area contributed by atoms with E-state index in [4.69, 9.17) is 14.2 Å². The zero-order valence-corrected chi connectivity index (χ0v) is 15.6. The smallest absolute Gasteiger partial charge is 0.184 e. The Labute approximate surface area is 160 Å². The predicted octanol–water partition coefficient (Wildman–Crippen LogP) is 3.08. The Hall–Kier alpha value is -2.11. The molecule has 2 heterocycles. The highest BCUT2D eigenvalue weighted by Crippen LogP contribution is 2.39. The number of benzene rings is 2. The summed E-state index contributed by atoms with van der Waals surface area (Å²) in [5, 5.41) is 0. The van der Waals surface area contributed by atoms with Crippen molar-refractivity contribution < 1.29 is 14.2 Å². The SMILES string of the molecule is Cl.c1ccc(OCCN2CCN(c3cccc4c3OCCO4)CC2)cc1. The first kappa shape index (κ1) is 18.7. The normalized spacial score (nSPS) is 16.7. The van der Waals surface area contributed by atoms with Crippen molar-refractivity contribution in [1.82, 2.24) is 4.90 Å². The second-order valence-electron chi connectivity index (χ2n) is 6.29. The van der Waals surface area contributed by atoms with E-state index in [1.54, 1.807) is 0 Å². The van der Waals surface area contributed by atoms with E-state index in [-0.39, 0.29) is 12.4 Å². The molecule has 0 aromatic heterocycles. The van der Waals surface area contributed by atoms with Crippen molar-refractivity contribution in [1.29, 1.82) is 0 Å². The molecule has 2 aliphatic rings. The molecule has 0 bridgehead atoms. The van der Waals surface area contributed by atoms with Gasteiger partial charge in [-0.1, -0.05) is 24.3 Å². The minimum Gasteiger partial charge on any atom is -0.492 e. The fourth-order valence-corrected chi connectivity index (χ4v) is 3.33. The standard InChI is InChI=1S/C20H24N2O3.ClH/c1-2-5-17(6-3-1)23-14-13-21-9-11-22(12-10-21)18-7-4-8-19-20(18)25-16-15-24-19;/h1-8H,9-16H2;1H. The molecule has 0 aliphatic carbocycles. The lowest BCUT2D eigenvalue weighted by atomic mass is 10.2. The van der Waals surface area contributed by atoms with Crippen LogP contribution in [0.3, 0.4) is 0 Å². The summed E-state index contributed by atoms with van der Waals surface area (Å²) in [6, 6.07) is 16.2. The summed E-state index contributed by atoms with van der Waals surface area (Å²) in [5.41, 5.74) is 1.15. The summed E-state index contributed by atoms with van der Waals surface area (Å²) < 4.78 is 17.3. The summed E-state index contributed by atoms with van der Waals surface area (Å²) in [5.74, 6) is 2.70. The molecule has 0 N–H and O–H groups in total. The molecule has 4 rings (SSSR count). The molecule has 2 aliphatic heterocycles. The molecule has 0 spiro atoms. The van der Waals surface area contributed by atoms with E-state index in [9.17, 15) is 0 Å². The van der Waals surface area contributed by atoms with Gasteiger partial charge in [-0.05, 0) is 24.3 Å². The Balaban J connectivity index is 0.00000196. The zero-order valence-electron chi connectivity index (χ0n) is 14.8. The molecule has 0 radical (unpaired) electrons. The van der Waals surface area contributed by atoms with Gasteiger partial charge in [-0.25, -0.2) is 0 Å². The molecule has 140 valence electrons. The predicted molar refractivity (Wildman–Crippen MR) is 105 cm³/mol. The fourth-order valence-electron chi connectivity index (χ4n) is 3.33. The molecule has 26 heavy (non-hydrogen) atoms. The van der Waals surface area contributed by atoms with Crippen molar-refractivity contribution in [3.63, 3.8) is 0 Å². The molecule has 1 fully saturated rings. The molecule has 0 unspecified atom stereocenters. The van der Waals surface area contributed by atoms with Crippen molar-refractivity contribution >= 4 is 18.1 Å². The van der Waals surface area contributed by atoms with Crippen molar-refractivity contribution in [2.45, 2.75) is 0 Å². The summed E-state index contributed by atoms with van der Waals surface area (Å²) >= 11 is 0. The number of nitrogens with zero attached hydrogens (tertiary/aromatic N) is 2. The van der Waals surface area contributed by atoms with Gasteiger partial charge in [-0.3, -0.25) is 4.90 Å². The Bertz CT molecular complexity index is 691. The van der Waals surface area contributed by atoms with Crippen molar-refractivity contribution in [3.05, 3.63) is 48.5 Å². The summed E-state index contributed by atoms with van der Waals surface area (Å²) in [6.45, 7) is 6.98. The van der Waals surface area contributed by atoms with Crippen LogP contribution in [0.15, 0.2) is 48.5 Å². The maximum Gasteiger partial charge on any atom is 0.184 e. The van der Waals surface area contributed by atoms with Gasteiger partial charge in [0.1, 0.15) is 25.6 Å². The number of piperazine rings is 1. The quantitative estimate of drug-likeness (QED) is 0.801. The highest BCUT2D eigenvalue weighted by Gasteiger charge is 2.23. The van der Waals surface area contributed by atoms with E-state index in [1.165, 1.54) is 0 Å². The van der Waals surface area contributed by atoms with Crippen LogP contribution in [0.5, 0.6) is 17.2 Å². The first-order valence-corrected chi connectivity index (χ1v) is 8.94. The van der Waals surface area contributed by atoms with E-state index >= 15 is 0 Å². The van der Waals surface area contributed by atoms with Crippen LogP contribution in [0, 0.1) is 0 Å². The van der Waals surface area contributed by atoms with Gasteiger partial charge in [0, 0.05) is 32.7 Å². The van der Waals surface area contributed by atoms with E-state index in [0.29, 0.717) is 13.2 Å². The minimum absolute atomic E-state index is 0. The number of halogens is 1. The Morgan fingerprint density at radius 2 is 1.62 bits per heavy atom. The van der Waals surface area contributed by atoms with Gasteiger partial charge in [0.15, 0.2) is 11.5 Å². The maximum atomic E-state index is 5.85. The maximum absolute atomic E-state index is 5.85. The second kappa shape index (κ2) is 9.01. The molecule has 6 heteroatoms. The lowest BCUT2D eigenvalue weighted by molar-refractivity contribution is 0.170. The number of hydrogen-bond donors (Lipinski definition) is 0. The van der Waals surface area contributed by atoms with Gasteiger partial charge in [-0.2, -0.15) is 0 Å². The highest BCUT2D eigenvalue weighted by atomic mass is 35.5. The van der Waals surface area contributed by atoms with E-state index in [0.717, 1.165) is 62.3 Å². The molecule has 0 saturated carbocycles. The molecular weight excluding hydrogens is 352 g/mol. The number of para-hydroxylation sites is 2. The lowest BCUT2D eigenvalue weighted by Gasteiger charge is -2.37. The largest absolute Gasteiger partial charge is 0.492 e. The van der Waals surface area contributed by atoms with Crippen LogP contribution in [-0.2, 0) is 0 Å². The van der Waals surface area contributed by atoms with Crippen LogP contribution >= 0.6 is 12.4 Å². The fraction of sp³-hybridized carbons (Fsp3) is 0.400. The van der Waals surface area contributed by atoms with Crippen molar-refractivity contribution in [2.24, 2.45) is 0 Å². The molecule has 5 nitrogen and oxygen atoms in total. The number of anilines is 1. The average molecular weight is 377 g/mol. The topological polar surface area (TPSA) is 34.2 Å². The third-order valence-electron chi connectivity index (χ3n) is 4.68. The number of fused-ring (bicyclic) bond motifs is 1. The van der Waals surface area contributed by atoms with Gasteiger partial charge in [0.25, 0.3) is 0 Å². The molecule has 1 saturated heterocycles. The first-order chi connectivity index (χ1) is 12.4. The van der Waals surface area contributed by atoms with Crippen LogP contribution in [0.4, 0.5) is 5.69 Å². The Kier molecular flexibility index (Phi) is 6.47. The number of rotatable bonds is 5. The number of hydrogen-bond acceptors (Lipinski definition) is 5. The first-order valence-electron chi connectivity index (χ1n) is 8.94. The monoisotopic (exact) mass is 376 g/mol. The Morgan fingerprint density at radius 1 is 0.846 bits per heavy atom. The van der Waals surface area contributed by atoms with Crippen LogP contribution < -0.4 is 19.1 Å². The lowest BCUT2D eigenvalue weighted by Crippen LogP contribution is -2.47. The average Bonchev–Trinajstić information content (AvgIpc) is 2.69. The van der Waals surface area contributed by atoms with Crippen LogP contribution in [0.1, 0.15) is 0 Å². The molecule has 2 aromatic carbocycles. The van der Waals surface area contributed by atoms with Gasteiger partial charge < -0.3 is 19.1 Å². The summed E-state index contributed by atoms with van der Waals surface area (Å²) in [7, 11) is 0. The molecular formula is C20H25ClN2O3. The Morgan fingerprint density at radius 3 is 2.42 bits per heavy atom. The van der Waals surface area contributed by atoms with Gasteiger partial charge in [-0.15, -0.1) is 12.4 Å². The van der Waals surface area contributed by atoms with Crippen LogP contribution in [0.25, 0.3) is 0 Å². The summed E-state index contributed by atoms with van der Waals surface area (Å²) in [4.78, 5) is 4.84. The minimum atomic E-state index is 0. The third-order valence-corrected chi connectivity index (χ3v) is 4.68. The zero-order chi connectivity index (χ0) is 16.9. The van der Waals surface area contributed by atoms with Crippen molar-refractivity contribution in [2.75, 3.05) is 57.4 Å². The van der Waals surface area contributed by atoms with Gasteiger partial charge in [0.05, 0.1) is 5.69 Å². The number of ether oxygens (including phenoxy) is 3. The molecule has 2 aromatic rings. The molecule has 0 atom stereocenters. The van der Waals surface area contributed by atoms with E-state index < -0.39 is 0 Å². The summed E-state index contributed by atoms with van der Waals surface area (Å²) in [6.07, 6.45) is 0. The second-order valence-corrected chi connectivity index (χ2v) is 6.29. The third kappa shape index (κ3) is 4.34. The van der Waals surface area contributed by atoms with Gasteiger partial charge >= 0.3 is 0 Å². The molecule has 0 amide bonds. The van der Waals surface area contributed by atoms with Crippen LogP contribution in [-0.4, -0.2) is 57.4 Å². The van der Waals surface area contributed by atoms with Crippen LogP contribution in [0.2, 0.25) is 0 Å². The van der Waals surface area contributed by atoms with E-state index in [1.807, 2.05) is 42.5 Å². The van der Waals surface area contributed by atoms with E-state index in [2.05, 4.69) is 15.9 Å². The van der Waals surface area contributed by atoms with Crippen molar-refractivity contribution in [3.8, 4) is 17.2 Å². The van der Waals surface area contributed by atoms with Gasteiger partial charge in [0.2, 0.25) is 0 Å². The highest BCUT2D eigenvalue weighted by molar-refractivity contribution is 5.85.